The van der Waals surface area contributed by atoms with Crippen LogP contribution in [0.4, 0.5) is 0 Å². The third-order valence-electron chi connectivity index (χ3n) is 3.78. The van der Waals surface area contributed by atoms with Gasteiger partial charge >= 0.3 is 0 Å². The third kappa shape index (κ3) is 3.87. The lowest BCUT2D eigenvalue weighted by molar-refractivity contribution is 0.0723. The van der Waals surface area contributed by atoms with Gasteiger partial charge in [0.2, 0.25) is 10.0 Å². The Balaban J connectivity index is 2.32. The summed E-state index contributed by atoms with van der Waals surface area (Å²) in [5.74, 6) is -0.0706. The zero-order valence-electron chi connectivity index (χ0n) is 13.4. The first kappa shape index (κ1) is 17.0. The smallest absolute Gasteiger partial charge is 0.254 e. The zero-order chi connectivity index (χ0) is 16.3. The highest BCUT2D eigenvalue weighted by Crippen LogP contribution is 2.20. The first-order valence-electron chi connectivity index (χ1n) is 7.73. The molecule has 1 aliphatic rings. The Bertz CT molecular complexity index is 647. The summed E-state index contributed by atoms with van der Waals surface area (Å²) in [6.07, 6.45) is 3.17. The quantitative estimate of drug-likeness (QED) is 0.924. The van der Waals surface area contributed by atoms with Crippen LogP contribution in [0.15, 0.2) is 23.1 Å². The van der Waals surface area contributed by atoms with E-state index in [9.17, 15) is 13.2 Å². The molecule has 0 saturated carbocycles. The van der Waals surface area contributed by atoms with Crippen molar-refractivity contribution in [3.63, 3.8) is 0 Å². The van der Waals surface area contributed by atoms with Gasteiger partial charge in [-0.1, -0.05) is 6.07 Å². The molecule has 0 atom stereocenters. The Morgan fingerprint density at radius 3 is 2.41 bits per heavy atom. The van der Waals surface area contributed by atoms with Crippen LogP contribution < -0.4 is 4.72 Å². The summed E-state index contributed by atoms with van der Waals surface area (Å²) in [6, 6.07) is 4.56. The van der Waals surface area contributed by atoms with E-state index in [1.54, 1.807) is 26.0 Å². The standard InChI is InChI=1S/C16H24N2O3S/c1-12(2)17-22(20,21)14-8-7-13(3)15(11-14)16(19)18-9-5-4-6-10-18/h7-8,11-12,17H,4-6,9-10H2,1-3H3. The first-order valence-corrected chi connectivity index (χ1v) is 9.22. The summed E-state index contributed by atoms with van der Waals surface area (Å²) < 4.78 is 27.1. The second kappa shape index (κ2) is 6.79. The molecule has 1 fully saturated rings. The fourth-order valence-corrected chi connectivity index (χ4v) is 3.92. The van der Waals surface area contributed by atoms with Crippen LogP contribution in [0.1, 0.15) is 49.0 Å². The molecule has 0 radical (unpaired) electrons. The van der Waals surface area contributed by atoms with Gasteiger partial charge in [0.05, 0.1) is 4.90 Å². The van der Waals surface area contributed by atoms with Crippen LogP contribution >= 0.6 is 0 Å². The van der Waals surface area contributed by atoms with Crippen LogP contribution in [0.2, 0.25) is 0 Å². The summed E-state index contributed by atoms with van der Waals surface area (Å²) >= 11 is 0. The summed E-state index contributed by atoms with van der Waals surface area (Å²) in [5, 5.41) is 0. The van der Waals surface area contributed by atoms with Gasteiger partial charge in [0.1, 0.15) is 0 Å². The van der Waals surface area contributed by atoms with Crippen molar-refractivity contribution < 1.29 is 13.2 Å². The van der Waals surface area contributed by atoms with Crippen LogP contribution in [-0.4, -0.2) is 38.4 Å². The molecule has 1 saturated heterocycles. The molecule has 0 spiro atoms. The van der Waals surface area contributed by atoms with Gasteiger partial charge in [0, 0.05) is 24.7 Å². The number of nitrogens with one attached hydrogen (secondary N) is 1. The number of carbonyl (C=O) groups is 1. The highest BCUT2D eigenvalue weighted by Gasteiger charge is 2.23. The molecule has 5 nitrogen and oxygen atoms in total. The Kier molecular flexibility index (Phi) is 5.24. The molecule has 0 bridgehead atoms. The monoisotopic (exact) mass is 324 g/mol. The van der Waals surface area contributed by atoms with Crippen molar-refractivity contribution in [3.8, 4) is 0 Å². The third-order valence-corrected chi connectivity index (χ3v) is 5.44. The van der Waals surface area contributed by atoms with Crippen molar-refractivity contribution in [2.45, 2.75) is 51.0 Å². The van der Waals surface area contributed by atoms with E-state index >= 15 is 0 Å². The normalized spacial score (nSPS) is 16.1. The van der Waals surface area contributed by atoms with Crippen molar-refractivity contribution in [1.29, 1.82) is 0 Å². The SMILES string of the molecule is Cc1ccc(S(=O)(=O)NC(C)C)cc1C(=O)N1CCCCC1. The molecular weight excluding hydrogens is 300 g/mol. The Hall–Kier alpha value is -1.40. The molecule has 1 N–H and O–H groups in total. The van der Waals surface area contributed by atoms with E-state index in [4.69, 9.17) is 0 Å². The number of aryl methyl sites for hydroxylation is 1. The summed E-state index contributed by atoms with van der Waals surface area (Å²) in [6.45, 7) is 6.87. The molecule has 122 valence electrons. The fraction of sp³-hybridized carbons (Fsp3) is 0.562. The minimum atomic E-state index is -3.58. The zero-order valence-corrected chi connectivity index (χ0v) is 14.2. The van der Waals surface area contributed by atoms with E-state index in [0.717, 1.165) is 37.9 Å². The average Bonchev–Trinajstić information content (AvgIpc) is 2.46. The topological polar surface area (TPSA) is 66.5 Å². The van der Waals surface area contributed by atoms with Crippen molar-refractivity contribution in [3.05, 3.63) is 29.3 Å². The number of hydrogen-bond donors (Lipinski definition) is 1. The van der Waals surface area contributed by atoms with Gasteiger partial charge in [-0.3, -0.25) is 4.79 Å². The van der Waals surface area contributed by atoms with Gasteiger partial charge in [0.15, 0.2) is 0 Å². The predicted molar refractivity (Wildman–Crippen MR) is 86.4 cm³/mol. The van der Waals surface area contributed by atoms with Crippen molar-refractivity contribution >= 4 is 15.9 Å². The van der Waals surface area contributed by atoms with E-state index in [-0.39, 0.29) is 16.8 Å². The molecule has 0 aromatic heterocycles. The van der Waals surface area contributed by atoms with Crippen LogP contribution in [0.25, 0.3) is 0 Å². The molecule has 1 aliphatic heterocycles. The molecule has 1 amide bonds. The Labute approximate surface area is 132 Å². The number of carbonyl (C=O) groups excluding carboxylic acids is 1. The van der Waals surface area contributed by atoms with Crippen LogP contribution in [0.3, 0.4) is 0 Å². The fourth-order valence-electron chi connectivity index (χ4n) is 2.64. The maximum Gasteiger partial charge on any atom is 0.254 e. The van der Waals surface area contributed by atoms with Crippen LogP contribution in [0.5, 0.6) is 0 Å². The number of rotatable bonds is 4. The summed E-state index contributed by atoms with van der Waals surface area (Å²) in [7, 11) is -3.58. The highest BCUT2D eigenvalue weighted by atomic mass is 32.2. The lowest BCUT2D eigenvalue weighted by Crippen LogP contribution is -2.36. The minimum Gasteiger partial charge on any atom is -0.339 e. The van der Waals surface area contributed by atoms with E-state index in [2.05, 4.69) is 4.72 Å². The second-order valence-corrected chi connectivity index (χ2v) is 7.82. The number of sulfonamides is 1. The lowest BCUT2D eigenvalue weighted by Gasteiger charge is -2.27. The van der Waals surface area contributed by atoms with Gasteiger partial charge < -0.3 is 4.90 Å². The Morgan fingerprint density at radius 1 is 1.18 bits per heavy atom. The van der Waals surface area contributed by atoms with Crippen LogP contribution in [0, 0.1) is 6.92 Å². The van der Waals surface area contributed by atoms with E-state index < -0.39 is 10.0 Å². The van der Waals surface area contributed by atoms with Crippen molar-refractivity contribution in [1.82, 2.24) is 9.62 Å². The molecule has 6 heteroatoms. The number of benzene rings is 1. The van der Waals surface area contributed by atoms with E-state index in [0.29, 0.717) is 5.56 Å². The molecular formula is C16H24N2O3S. The largest absolute Gasteiger partial charge is 0.339 e. The van der Waals surface area contributed by atoms with Gasteiger partial charge in [-0.15, -0.1) is 0 Å². The minimum absolute atomic E-state index is 0.0706. The maximum absolute atomic E-state index is 12.6. The highest BCUT2D eigenvalue weighted by molar-refractivity contribution is 7.89. The number of hydrogen-bond acceptors (Lipinski definition) is 3. The van der Waals surface area contributed by atoms with Crippen molar-refractivity contribution in [2.24, 2.45) is 0 Å². The molecule has 0 aliphatic carbocycles. The molecule has 1 aromatic carbocycles. The molecule has 0 unspecified atom stereocenters. The van der Waals surface area contributed by atoms with Gasteiger partial charge in [-0.2, -0.15) is 0 Å². The van der Waals surface area contributed by atoms with Crippen molar-refractivity contribution in [2.75, 3.05) is 13.1 Å². The van der Waals surface area contributed by atoms with Gasteiger partial charge in [0.25, 0.3) is 5.91 Å². The van der Waals surface area contributed by atoms with E-state index in [1.807, 2.05) is 11.8 Å². The number of amides is 1. The predicted octanol–water partition coefficient (Wildman–Crippen LogP) is 2.31. The number of nitrogens with zero attached hydrogens (tertiary/aromatic N) is 1. The Morgan fingerprint density at radius 2 is 1.82 bits per heavy atom. The van der Waals surface area contributed by atoms with Crippen LogP contribution in [-0.2, 0) is 10.0 Å². The van der Waals surface area contributed by atoms with Gasteiger partial charge in [-0.25, -0.2) is 13.1 Å². The lowest BCUT2D eigenvalue weighted by atomic mass is 10.1. The summed E-state index contributed by atoms with van der Waals surface area (Å²) in [4.78, 5) is 14.6. The maximum atomic E-state index is 12.6. The number of piperidine rings is 1. The van der Waals surface area contributed by atoms with Gasteiger partial charge in [-0.05, 0) is 57.7 Å². The molecule has 22 heavy (non-hydrogen) atoms. The molecule has 1 heterocycles. The summed E-state index contributed by atoms with van der Waals surface area (Å²) in [5.41, 5.74) is 1.28. The second-order valence-electron chi connectivity index (χ2n) is 6.11. The number of likely N-dealkylation sites (tertiary alicyclic amines) is 1. The van der Waals surface area contributed by atoms with E-state index in [1.165, 1.54) is 6.07 Å². The molecule has 1 aromatic rings. The average molecular weight is 324 g/mol. The first-order chi connectivity index (χ1) is 10.3. The molecule has 2 rings (SSSR count).